The van der Waals surface area contributed by atoms with Crippen LogP contribution < -0.4 is 5.32 Å². The minimum Gasteiger partial charge on any atom is -0.331 e. The Bertz CT molecular complexity index is 237. The van der Waals surface area contributed by atoms with E-state index in [4.69, 9.17) is 0 Å². The van der Waals surface area contributed by atoms with E-state index >= 15 is 0 Å². The number of hydrogen-bond acceptors (Lipinski definition) is 2. The van der Waals surface area contributed by atoms with Crippen LogP contribution in [-0.4, -0.2) is 54.6 Å². The molecule has 1 heterocycles. The first kappa shape index (κ1) is 13.3. The first-order valence-electron chi connectivity index (χ1n) is 6.03. The summed E-state index contributed by atoms with van der Waals surface area (Å²) in [4.78, 5) is 15.3. The van der Waals surface area contributed by atoms with Gasteiger partial charge in [-0.15, -0.1) is 0 Å². The van der Waals surface area contributed by atoms with Crippen LogP contribution in [0.4, 0.5) is 4.79 Å². The third-order valence-electron chi connectivity index (χ3n) is 2.79. The van der Waals surface area contributed by atoms with Crippen LogP contribution in [0.3, 0.4) is 0 Å². The molecule has 2 amide bonds. The van der Waals surface area contributed by atoms with E-state index in [1.807, 2.05) is 19.0 Å². The van der Waals surface area contributed by atoms with Gasteiger partial charge in [0.2, 0.25) is 0 Å². The van der Waals surface area contributed by atoms with Crippen LogP contribution in [0.2, 0.25) is 0 Å². The first-order chi connectivity index (χ1) is 7.29. The van der Waals surface area contributed by atoms with Crippen molar-refractivity contribution in [1.82, 2.24) is 15.1 Å². The van der Waals surface area contributed by atoms with Crippen molar-refractivity contribution >= 4 is 6.03 Å². The van der Waals surface area contributed by atoms with Crippen molar-refractivity contribution in [2.24, 2.45) is 0 Å². The van der Waals surface area contributed by atoms with Crippen LogP contribution in [0.25, 0.3) is 0 Å². The maximum absolute atomic E-state index is 11.7. The molecule has 0 bridgehead atoms. The van der Waals surface area contributed by atoms with Crippen molar-refractivity contribution in [3.63, 3.8) is 0 Å². The van der Waals surface area contributed by atoms with Gasteiger partial charge in [0.15, 0.2) is 0 Å². The summed E-state index contributed by atoms with van der Waals surface area (Å²) in [5.41, 5.74) is 0.165. The highest BCUT2D eigenvalue weighted by atomic mass is 16.2. The summed E-state index contributed by atoms with van der Waals surface area (Å²) in [6, 6.07) is 0.681. The number of nitrogens with one attached hydrogen (secondary N) is 1. The highest BCUT2D eigenvalue weighted by molar-refractivity contribution is 5.73. The van der Waals surface area contributed by atoms with E-state index in [1.165, 1.54) is 0 Å². The minimum absolute atomic E-state index is 0.134. The number of carbonyl (C=O) groups excluding carboxylic acids is 1. The molecule has 4 nitrogen and oxygen atoms in total. The fourth-order valence-electron chi connectivity index (χ4n) is 2.11. The quantitative estimate of drug-likeness (QED) is 0.737. The molecule has 0 aromatic carbocycles. The molecule has 1 aliphatic rings. The number of likely N-dealkylation sites (tertiary alicyclic amines) is 1. The Morgan fingerprint density at radius 2 is 1.75 bits per heavy atom. The molecule has 0 atom stereocenters. The molecule has 0 unspecified atom stereocenters. The second-order valence-electron chi connectivity index (χ2n) is 5.83. The molecule has 0 aromatic rings. The predicted octanol–water partition coefficient (Wildman–Crippen LogP) is 1.52. The summed E-state index contributed by atoms with van der Waals surface area (Å²) < 4.78 is 0. The molecule has 94 valence electrons. The molecular weight excluding hydrogens is 202 g/mol. The van der Waals surface area contributed by atoms with Crippen molar-refractivity contribution < 1.29 is 4.79 Å². The van der Waals surface area contributed by atoms with E-state index in [0.717, 1.165) is 25.9 Å². The fourth-order valence-corrected chi connectivity index (χ4v) is 2.11. The number of urea groups is 1. The summed E-state index contributed by atoms with van der Waals surface area (Å²) in [6.45, 7) is 8.29. The van der Waals surface area contributed by atoms with E-state index in [-0.39, 0.29) is 11.6 Å². The number of piperidine rings is 1. The molecule has 0 aliphatic carbocycles. The molecule has 4 heteroatoms. The van der Waals surface area contributed by atoms with E-state index in [2.05, 4.69) is 26.1 Å². The second kappa shape index (κ2) is 5.04. The highest BCUT2D eigenvalue weighted by Gasteiger charge is 2.25. The Labute approximate surface area is 99.0 Å². The van der Waals surface area contributed by atoms with Crippen LogP contribution in [0, 0.1) is 0 Å². The van der Waals surface area contributed by atoms with Gasteiger partial charge >= 0.3 is 6.03 Å². The molecule has 0 radical (unpaired) electrons. The zero-order valence-electron chi connectivity index (χ0n) is 11.2. The van der Waals surface area contributed by atoms with Gasteiger partial charge in [0, 0.05) is 38.8 Å². The van der Waals surface area contributed by atoms with Gasteiger partial charge < -0.3 is 15.1 Å². The minimum atomic E-state index is 0.134. The third kappa shape index (κ3) is 4.00. The summed E-state index contributed by atoms with van der Waals surface area (Å²) in [5, 5.41) is 3.60. The Hall–Kier alpha value is -0.770. The summed E-state index contributed by atoms with van der Waals surface area (Å²) in [7, 11) is 3.61. The lowest BCUT2D eigenvalue weighted by atomic mass is 10.0. The van der Waals surface area contributed by atoms with Crippen molar-refractivity contribution in [1.29, 1.82) is 0 Å². The number of carbonyl (C=O) groups is 1. The van der Waals surface area contributed by atoms with Gasteiger partial charge in [-0.05, 0) is 33.6 Å². The Morgan fingerprint density at radius 1 is 1.25 bits per heavy atom. The lowest BCUT2D eigenvalue weighted by Crippen LogP contribution is -2.51. The number of rotatable bonds is 1. The van der Waals surface area contributed by atoms with Gasteiger partial charge in [-0.2, -0.15) is 0 Å². The van der Waals surface area contributed by atoms with Crippen LogP contribution >= 0.6 is 0 Å². The molecular formula is C12H25N3O. The predicted molar refractivity (Wildman–Crippen MR) is 66.6 cm³/mol. The van der Waals surface area contributed by atoms with Crippen LogP contribution in [-0.2, 0) is 0 Å². The first-order valence-corrected chi connectivity index (χ1v) is 6.03. The van der Waals surface area contributed by atoms with Gasteiger partial charge in [-0.25, -0.2) is 4.79 Å². The molecule has 0 spiro atoms. The number of hydrogen-bond donors (Lipinski definition) is 1. The Balaban J connectivity index is 2.37. The van der Waals surface area contributed by atoms with Gasteiger partial charge in [0.05, 0.1) is 0 Å². The second-order valence-corrected chi connectivity index (χ2v) is 5.83. The highest BCUT2D eigenvalue weighted by Crippen LogP contribution is 2.14. The lowest BCUT2D eigenvalue weighted by Gasteiger charge is -2.37. The zero-order valence-corrected chi connectivity index (χ0v) is 11.2. The molecule has 1 aliphatic heterocycles. The molecule has 16 heavy (non-hydrogen) atoms. The van der Waals surface area contributed by atoms with Crippen LogP contribution in [0.1, 0.15) is 33.6 Å². The molecule has 1 N–H and O–H groups in total. The van der Waals surface area contributed by atoms with E-state index in [9.17, 15) is 4.79 Å². The number of nitrogens with zero attached hydrogens (tertiary/aromatic N) is 2. The average Bonchev–Trinajstić information content (AvgIpc) is 2.15. The average molecular weight is 227 g/mol. The van der Waals surface area contributed by atoms with Gasteiger partial charge in [0.25, 0.3) is 0 Å². The molecule has 0 aromatic heterocycles. The van der Waals surface area contributed by atoms with E-state index in [0.29, 0.717) is 6.04 Å². The zero-order chi connectivity index (χ0) is 12.3. The summed E-state index contributed by atoms with van der Waals surface area (Å²) in [6.07, 6.45) is 2.10. The largest absolute Gasteiger partial charge is 0.331 e. The standard InChI is InChI=1S/C12H25N3O/c1-12(2,3)13-10-6-8-15(9-7-10)11(16)14(4)5/h10,13H,6-9H2,1-5H3. The maximum Gasteiger partial charge on any atom is 0.319 e. The normalized spacial score (nSPS) is 18.7. The van der Waals surface area contributed by atoms with Crippen LogP contribution in [0.15, 0.2) is 0 Å². The van der Waals surface area contributed by atoms with E-state index in [1.54, 1.807) is 4.90 Å². The van der Waals surface area contributed by atoms with Gasteiger partial charge in [0.1, 0.15) is 0 Å². The fraction of sp³-hybridized carbons (Fsp3) is 0.917. The SMILES string of the molecule is CN(C)C(=O)N1CCC(NC(C)(C)C)CC1. The van der Waals surface area contributed by atoms with Crippen molar-refractivity contribution in [2.75, 3.05) is 27.2 Å². The maximum atomic E-state index is 11.7. The smallest absolute Gasteiger partial charge is 0.319 e. The van der Waals surface area contributed by atoms with Crippen LogP contribution in [0.5, 0.6) is 0 Å². The number of amides is 2. The third-order valence-corrected chi connectivity index (χ3v) is 2.79. The lowest BCUT2D eigenvalue weighted by molar-refractivity contribution is 0.148. The molecule has 1 rings (SSSR count). The van der Waals surface area contributed by atoms with Crippen molar-refractivity contribution in [3.8, 4) is 0 Å². The Morgan fingerprint density at radius 3 is 2.12 bits per heavy atom. The van der Waals surface area contributed by atoms with Gasteiger partial charge in [-0.1, -0.05) is 0 Å². The summed E-state index contributed by atoms with van der Waals surface area (Å²) >= 11 is 0. The van der Waals surface area contributed by atoms with Crippen molar-refractivity contribution in [2.45, 2.75) is 45.2 Å². The van der Waals surface area contributed by atoms with Gasteiger partial charge in [-0.3, -0.25) is 0 Å². The van der Waals surface area contributed by atoms with E-state index < -0.39 is 0 Å². The molecule has 1 saturated heterocycles. The molecule has 0 saturated carbocycles. The molecule has 1 fully saturated rings. The topological polar surface area (TPSA) is 35.6 Å². The monoisotopic (exact) mass is 227 g/mol. The summed E-state index contributed by atoms with van der Waals surface area (Å²) in [5.74, 6) is 0. The van der Waals surface area contributed by atoms with Crippen molar-refractivity contribution in [3.05, 3.63) is 0 Å². The Kier molecular flexibility index (Phi) is 4.19.